The highest BCUT2D eigenvalue weighted by Crippen LogP contribution is 2.04. The van der Waals surface area contributed by atoms with Crippen LogP contribution in [0.4, 0.5) is 0 Å². The first-order valence-corrected chi connectivity index (χ1v) is 5.80. The summed E-state index contributed by atoms with van der Waals surface area (Å²) in [6.45, 7) is 3.52. The van der Waals surface area contributed by atoms with E-state index in [0.717, 1.165) is 5.56 Å². The van der Waals surface area contributed by atoms with Gasteiger partial charge in [0, 0.05) is 12.8 Å². The minimum atomic E-state index is -1.02. The van der Waals surface area contributed by atoms with E-state index in [-0.39, 0.29) is 18.7 Å². The summed E-state index contributed by atoms with van der Waals surface area (Å²) >= 11 is 0. The highest BCUT2D eigenvalue weighted by molar-refractivity contribution is 5.83. The summed E-state index contributed by atoms with van der Waals surface area (Å²) in [5.74, 6) is -1.29. The zero-order valence-corrected chi connectivity index (χ0v) is 10.1. The topological polar surface area (TPSA) is 66.4 Å². The molecule has 0 aliphatic rings. The highest BCUT2D eigenvalue weighted by atomic mass is 16.4. The van der Waals surface area contributed by atoms with Crippen molar-refractivity contribution in [2.75, 3.05) is 0 Å². The fraction of sp³-hybridized carbons (Fsp3) is 0.286. The molecule has 0 fully saturated rings. The molecule has 0 saturated carbocycles. The maximum Gasteiger partial charge on any atom is 0.326 e. The van der Waals surface area contributed by atoms with E-state index < -0.39 is 12.0 Å². The standard InChI is InChI=1S/C14H17NO3/c1-2-3-9-13(16)15-12(14(17)18)10-11-7-5-4-6-8-11/h2,4-8,12H,1,3,9-10H2,(H,15,16)(H,17,18)/t12-/m1/s1. The number of amides is 1. The van der Waals surface area contributed by atoms with Crippen LogP contribution in [0.5, 0.6) is 0 Å². The van der Waals surface area contributed by atoms with Crippen molar-refractivity contribution in [3.05, 3.63) is 48.6 Å². The molecule has 0 aliphatic heterocycles. The smallest absolute Gasteiger partial charge is 0.326 e. The summed E-state index contributed by atoms with van der Waals surface area (Å²) in [7, 11) is 0. The lowest BCUT2D eigenvalue weighted by atomic mass is 10.1. The Labute approximate surface area is 106 Å². The number of carbonyl (C=O) groups excluding carboxylic acids is 1. The third-order valence-electron chi connectivity index (χ3n) is 2.49. The molecule has 1 rings (SSSR count). The second-order valence-corrected chi connectivity index (χ2v) is 3.98. The molecule has 1 aromatic rings. The van der Waals surface area contributed by atoms with Crippen LogP contribution in [0, 0.1) is 0 Å². The quantitative estimate of drug-likeness (QED) is 0.721. The van der Waals surface area contributed by atoms with Crippen LogP contribution in [-0.2, 0) is 16.0 Å². The van der Waals surface area contributed by atoms with Gasteiger partial charge in [-0.2, -0.15) is 0 Å². The molecule has 4 heteroatoms. The summed E-state index contributed by atoms with van der Waals surface area (Å²) < 4.78 is 0. The van der Waals surface area contributed by atoms with Gasteiger partial charge in [-0.3, -0.25) is 4.79 Å². The van der Waals surface area contributed by atoms with Crippen molar-refractivity contribution in [3.63, 3.8) is 0 Å². The number of allylic oxidation sites excluding steroid dienone is 1. The molecule has 4 nitrogen and oxygen atoms in total. The minimum absolute atomic E-state index is 0.266. The molecule has 0 bridgehead atoms. The number of carboxylic acids is 1. The highest BCUT2D eigenvalue weighted by Gasteiger charge is 2.19. The van der Waals surface area contributed by atoms with E-state index in [0.29, 0.717) is 6.42 Å². The Morgan fingerprint density at radius 1 is 1.33 bits per heavy atom. The van der Waals surface area contributed by atoms with Crippen LogP contribution >= 0.6 is 0 Å². The zero-order valence-electron chi connectivity index (χ0n) is 10.1. The number of benzene rings is 1. The van der Waals surface area contributed by atoms with Gasteiger partial charge < -0.3 is 10.4 Å². The maximum atomic E-state index is 11.5. The van der Waals surface area contributed by atoms with E-state index in [2.05, 4.69) is 11.9 Å². The fourth-order valence-corrected chi connectivity index (χ4v) is 1.55. The van der Waals surface area contributed by atoms with Crippen LogP contribution in [0.25, 0.3) is 0 Å². The normalized spacial score (nSPS) is 11.6. The molecular weight excluding hydrogens is 230 g/mol. The molecule has 0 radical (unpaired) electrons. The first-order chi connectivity index (χ1) is 8.63. The van der Waals surface area contributed by atoms with Gasteiger partial charge in [-0.05, 0) is 12.0 Å². The van der Waals surface area contributed by atoms with Gasteiger partial charge in [-0.25, -0.2) is 4.79 Å². The molecule has 2 N–H and O–H groups in total. The van der Waals surface area contributed by atoms with Gasteiger partial charge in [-0.15, -0.1) is 6.58 Å². The van der Waals surface area contributed by atoms with E-state index >= 15 is 0 Å². The molecule has 1 amide bonds. The van der Waals surface area contributed by atoms with Crippen molar-refractivity contribution >= 4 is 11.9 Å². The van der Waals surface area contributed by atoms with Crippen molar-refractivity contribution in [2.45, 2.75) is 25.3 Å². The van der Waals surface area contributed by atoms with Gasteiger partial charge in [0.25, 0.3) is 0 Å². The molecule has 18 heavy (non-hydrogen) atoms. The fourth-order valence-electron chi connectivity index (χ4n) is 1.55. The van der Waals surface area contributed by atoms with Gasteiger partial charge in [0.05, 0.1) is 0 Å². The van der Waals surface area contributed by atoms with Crippen LogP contribution in [0.2, 0.25) is 0 Å². The molecule has 1 atom stereocenters. The SMILES string of the molecule is C=CCCC(=O)N[C@H](Cc1ccccc1)C(=O)O. The number of carboxylic acid groups (broad SMARTS) is 1. The van der Waals surface area contributed by atoms with Gasteiger partial charge in [0.1, 0.15) is 6.04 Å². The van der Waals surface area contributed by atoms with E-state index in [4.69, 9.17) is 5.11 Å². The lowest BCUT2D eigenvalue weighted by molar-refractivity contribution is -0.141. The first-order valence-electron chi connectivity index (χ1n) is 5.80. The number of hydrogen-bond acceptors (Lipinski definition) is 2. The molecule has 0 aromatic heterocycles. The predicted octanol–water partition coefficient (Wildman–Crippen LogP) is 1.76. The average molecular weight is 247 g/mol. The van der Waals surface area contributed by atoms with Crippen LogP contribution in [0.15, 0.2) is 43.0 Å². The summed E-state index contributed by atoms with van der Waals surface area (Å²) in [4.78, 5) is 22.6. The van der Waals surface area contributed by atoms with Gasteiger partial charge in [0.2, 0.25) is 5.91 Å². The van der Waals surface area contributed by atoms with E-state index in [1.165, 1.54) is 0 Å². The van der Waals surface area contributed by atoms with Gasteiger partial charge >= 0.3 is 5.97 Å². The third-order valence-corrected chi connectivity index (χ3v) is 2.49. The Bertz CT molecular complexity index is 414. The summed E-state index contributed by atoms with van der Waals surface area (Å²) in [5, 5.41) is 11.6. The Hall–Kier alpha value is -2.10. The Kier molecular flexibility index (Phi) is 5.64. The minimum Gasteiger partial charge on any atom is -0.480 e. The van der Waals surface area contributed by atoms with Crippen molar-refractivity contribution in [3.8, 4) is 0 Å². The van der Waals surface area contributed by atoms with Crippen LogP contribution in [-0.4, -0.2) is 23.0 Å². The lowest BCUT2D eigenvalue weighted by Gasteiger charge is -2.14. The molecule has 96 valence electrons. The van der Waals surface area contributed by atoms with Crippen molar-refractivity contribution in [2.24, 2.45) is 0 Å². The van der Waals surface area contributed by atoms with Crippen molar-refractivity contribution in [1.29, 1.82) is 0 Å². The largest absolute Gasteiger partial charge is 0.480 e. The summed E-state index contributed by atoms with van der Waals surface area (Å²) in [6, 6.07) is 8.34. The number of nitrogens with one attached hydrogen (secondary N) is 1. The summed E-state index contributed by atoms with van der Waals surface area (Å²) in [6.07, 6.45) is 2.73. The van der Waals surface area contributed by atoms with Crippen molar-refractivity contribution < 1.29 is 14.7 Å². The Balaban J connectivity index is 2.58. The number of rotatable bonds is 7. The molecular formula is C14H17NO3. The molecule has 0 spiro atoms. The predicted molar refractivity (Wildman–Crippen MR) is 69.1 cm³/mol. The molecule has 0 saturated heterocycles. The monoisotopic (exact) mass is 247 g/mol. The second kappa shape index (κ2) is 7.27. The van der Waals surface area contributed by atoms with Crippen LogP contribution in [0.1, 0.15) is 18.4 Å². The Morgan fingerprint density at radius 3 is 2.56 bits per heavy atom. The maximum absolute atomic E-state index is 11.5. The molecule has 0 unspecified atom stereocenters. The summed E-state index contributed by atoms with van der Waals surface area (Å²) in [5.41, 5.74) is 0.883. The average Bonchev–Trinajstić information content (AvgIpc) is 2.36. The molecule has 0 heterocycles. The number of hydrogen-bond donors (Lipinski definition) is 2. The van der Waals surface area contributed by atoms with E-state index in [1.807, 2.05) is 30.3 Å². The molecule has 0 aliphatic carbocycles. The van der Waals surface area contributed by atoms with E-state index in [9.17, 15) is 9.59 Å². The number of aliphatic carboxylic acids is 1. The third kappa shape index (κ3) is 4.82. The van der Waals surface area contributed by atoms with Crippen molar-refractivity contribution in [1.82, 2.24) is 5.32 Å². The van der Waals surface area contributed by atoms with E-state index in [1.54, 1.807) is 6.08 Å². The van der Waals surface area contributed by atoms with Gasteiger partial charge in [-0.1, -0.05) is 36.4 Å². The number of carbonyl (C=O) groups is 2. The zero-order chi connectivity index (χ0) is 13.4. The molecule has 1 aromatic carbocycles. The second-order valence-electron chi connectivity index (χ2n) is 3.98. The first kappa shape index (κ1) is 14.0. The van der Waals surface area contributed by atoms with Crippen LogP contribution in [0.3, 0.4) is 0 Å². The lowest BCUT2D eigenvalue weighted by Crippen LogP contribution is -2.42. The van der Waals surface area contributed by atoms with Crippen LogP contribution < -0.4 is 5.32 Å². The van der Waals surface area contributed by atoms with Gasteiger partial charge in [0.15, 0.2) is 0 Å². The Morgan fingerprint density at radius 2 is 2.00 bits per heavy atom.